The number of β-lactam (4-membered cyclic amide) rings is 1. The molecule has 0 aromatic heterocycles. The van der Waals surface area contributed by atoms with Gasteiger partial charge >= 0.3 is 11.7 Å². The van der Waals surface area contributed by atoms with Crippen LogP contribution in [-0.2, 0) is 23.9 Å². The van der Waals surface area contributed by atoms with Crippen LogP contribution in [0.5, 0.6) is 0 Å². The Balaban J connectivity index is 1.38. The molecule has 1 aliphatic rings. The second-order valence-electron chi connectivity index (χ2n) is 8.04. The van der Waals surface area contributed by atoms with Crippen molar-refractivity contribution in [2.24, 2.45) is 0 Å². The van der Waals surface area contributed by atoms with Gasteiger partial charge in [-0.05, 0) is 23.3 Å². The molecular weight excluding hydrogens is 476 g/mol. The van der Waals surface area contributed by atoms with Crippen molar-refractivity contribution in [2.45, 2.75) is 18.4 Å². The predicted molar refractivity (Wildman–Crippen MR) is 130 cm³/mol. The van der Waals surface area contributed by atoms with Crippen LogP contribution >= 0.6 is 0 Å². The molecule has 2 N–H and O–H groups in total. The lowest BCUT2D eigenvalue weighted by Crippen LogP contribution is -2.70. The summed E-state index contributed by atoms with van der Waals surface area (Å²) in [5.41, 5.74) is 10.2. The van der Waals surface area contributed by atoms with Crippen LogP contribution in [0.2, 0.25) is 0 Å². The molecule has 0 bridgehead atoms. The Morgan fingerprint density at radius 2 is 1.43 bits per heavy atom. The van der Waals surface area contributed by atoms with Gasteiger partial charge in [0, 0.05) is 5.56 Å². The van der Waals surface area contributed by atoms with Gasteiger partial charge in [-0.25, -0.2) is 4.79 Å². The third-order valence-electron chi connectivity index (χ3n) is 5.57. The number of benzene rings is 3. The van der Waals surface area contributed by atoms with E-state index in [1.54, 1.807) is 78.9 Å². The lowest BCUT2D eigenvalue weighted by molar-refractivity contribution is -0.152. The topological polar surface area (TPSA) is 147 Å². The zero-order valence-corrected chi connectivity index (χ0v) is 19.4. The molecule has 1 heterocycles. The summed E-state index contributed by atoms with van der Waals surface area (Å²) >= 11 is 0. The molecule has 0 spiro atoms. The molecule has 186 valence electrons. The molecule has 3 aromatic carbocycles. The van der Waals surface area contributed by atoms with Crippen molar-refractivity contribution in [3.05, 3.63) is 113 Å². The van der Waals surface area contributed by atoms with Crippen molar-refractivity contribution in [2.75, 3.05) is 6.61 Å². The van der Waals surface area contributed by atoms with Gasteiger partial charge in [0.05, 0.1) is 0 Å². The van der Waals surface area contributed by atoms with E-state index in [0.717, 1.165) is 0 Å². The van der Waals surface area contributed by atoms with Gasteiger partial charge in [-0.2, -0.15) is 4.79 Å². The van der Waals surface area contributed by atoms with Crippen LogP contribution in [0.25, 0.3) is 5.53 Å². The first-order chi connectivity index (χ1) is 18.0. The van der Waals surface area contributed by atoms with Crippen LogP contribution in [0.3, 0.4) is 0 Å². The Hall–Kier alpha value is -4.92. The van der Waals surface area contributed by atoms with Crippen molar-refractivity contribution in [3.8, 4) is 0 Å². The van der Waals surface area contributed by atoms with Gasteiger partial charge in [0.2, 0.25) is 5.91 Å². The zero-order valence-electron chi connectivity index (χ0n) is 19.4. The maximum Gasteiger partial charge on any atom is 0.444 e. The second kappa shape index (κ2) is 11.7. The van der Waals surface area contributed by atoms with E-state index >= 15 is 0 Å². The molecule has 0 radical (unpaired) electrons. The second-order valence-corrected chi connectivity index (χ2v) is 8.04. The SMILES string of the molecule is [N-]=[N+]=C(C(=O)CO[C@H]1NC(=O)[C@@H]1NC(=O)c1ccccc1)C(=O)OC(c1ccccc1)c1ccccc1. The first-order valence-corrected chi connectivity index (χ1v) is 11.3. The van der Waals surface area contributed by atoms with Crippen LogP contribution in [0.4, 0.5) is 0 Å². The minimum absolute atomic E-state index is 0.348. The van der Waals surface area contributed by atoms with E-state index in [1.165, 1.54) is 0 Å². The molecule has 3 aromatic rings. The molecule has 0 saturated carbocycles. The first kappa shape index (κ1) is 25.2. The maximum atomic E-state index is 12.8. The summed E-state index contributed by atoms with van der Waals surface area (Å²) in [7, 11) is 0. The van der Waals surface area contributed by atoms with Crippen LogP contribution in [0.1, 0.15) is 27.6 Å². The molecule has 2 amide bonds. The Labute approximate surface area is 211 Å². The summed E-state index contributed by atoms with van der Waals surface area (Å²) in [6.45, 7) is -0.710. The summed E-state index contributed by atoms with van der Waals surface area (Å²) in [6.07, 6.45) is -1.87. The summed E-state index contributed by atoms with van der Waals surface area (Å²) in [4.78, 5) is 52.5. The minimum Gasteiger partial charge on any atom is -0.444 e. The summed E-state index contributed by atoms with van der Waals surface area (Å²) in [5, 5.41) is 4.95. The number of Topliss-reactive ketones (excluding diaryl/α,β-unsaturated/α-hetero) is 1. The van der Waals surface area contributed by atoms with Gasteiger partial charge in [-0.15, -0.1) is 0 Å². The molecular formula is C27H22N4O6. The molecule has 0 unspecified atom stereocenters. The number of hydrogen-bond acceptors (Lipinski definition) is 6. The lowest BCUT2D eigenvalue weighted by Gasteiger charge is -2.36. The maximum absolute atomic E-state index is 12.8. The average Bonchev–Trinajstić information content (AvgIpc) is 2.94. The molecule has 1 aliphatic heterocycles. The Morgan fingerprint density at radius 1 is 0.892 bits per heavy atom. The van der Waals surface area contributed by atoms with E-state index in [2.05, 4.69) is 15.4 Å². The van der Waals surface area contributed by atoms with E-state index in [9.17, 15) is 24.7 Å². The largest absolute Gasteiger partial charge is 0.444 e. The van der Waals surface area contributed by atoms with E-state index in [4.69, 9.17) is 9.47 Å². The number of carbonyl (C=O) groups excluding carboxylic acids is 4. The normalized spacial score (nSPS) is 16.1. The summed E-state index contributed by atoms with van der Waals surface area (Å²) < 4.78 is 10.9. The highest BCUT2D eigenvalue weighted by Crippen LogP contribution is 2.26. The molecule has 10 nitrogen and oxygen atoms in total. The zero-order chi connectivity index (χ0) is 26.2. The van der Waals surface area contributed by atoms with Crippen LogP contribution < -0.4 is 10.6 Å². The van der Waals surface area contributed by atoms with Gasteiger partial charge < -0.3 is 25.6 Å². The van der Waals surface area contributed by atoms with Gasteiger partial charge in [0.1, 0.15) is 6.61 Å². The van der Waals surface area contributed by atoms with E-state index in [-0.39, 0.29) is 0 Å². The van der Waals surface area contributed by atoms with Crippen molar-refractivity contribution in [1.29, 1.82) is 0 Å². The number of nitrogens with one attached hydrogen (secondary N) is 2. The average molecular weight is 498 g/mol. The fourth-order valence-corrected chi connectivity index (χ4v) is 3.64. The van der Waals surface area contributed by atoms with E-state index < -0.39 is 54.3 Å². The smallest absolute Gasteiger partial charge is 0.444 e. The molecule has 1 saturated heterocycles. The summed E-state index contributed by atoms with van der Waals surface area (Å²) in [5.74, 6) is -3.11. The summed E-state index contributed by atoms with van der Waals surface area (Å²) in [6, 6.07) is 25.0. The van der Waals surface area contributed by atoms with Gasteiger partial charge in [-0.3, -0.25) is 14.4 Å². The van der Waals surface area contributed by atoms with Crippen molar-refractivity contribution in [3.63, 3.8) is 0 Å². The van der Waals surface area contributed by atoms with Gasteiger partial charge in [0.15, 0.2) is 18.4 Å². The third kappa shape index (κ3) is 6.02. The highest BCUT2D eigenvalue weighted by atomic mass is 16.5. The number of ether oxygens (including phenoxy) is 2. The number of esters is 1. The van der Waals surface area contributed by atoms with Crippen molar-refractivity contribution >= 4 is 29.3 Å². The minimum atomic E-state index is -1.15. The highest BCUT2D eigenvalue weighted by molar-refractivity contribution is 6.62. The van der Waals surface area contributed by atoms with Crippen LogP contribution in [0, 0.1) is 0 Å². The molecule has 10 heteroatoms. The van der Waals surface area contributed by atoms with Crippen molar-refractivity contribution in [1.82, 2.24) is 10.6 Å². The number of carbonyl (C=O) groups is 4. The first-order valence-electron chi connectivity index (χ1n) is 11.3. The Bertz CT molecular complexity index is 1300. The fourth-order valence-electron chi connectivity index (χ4n) is 3.64. The quantitative estimate of drug-likeness (QED) is 0.109. The predicted octanol–water partition coefficient (Wildman–Crippen LogP) is 1.83. The van der Waals surface area contributed by atoms with Gasteiger partial charge in [-0.1, -0.05) is 78.9 Å². The fraction of sp³-hybridized carbons (Fsp3) is 0.148. The van der Waals surface area contributed by atoms with Gasteiger partial charge in [0.25, 0.3) is 11.7 Å². The number of amides is 2. The number of rotatable bonds is 10. The molecule has 0 aliphatic carbocycles. The molecule has 2 atom stereocenters. The number of hydrogen-bond donors (Lipinski definition) is 2. The number of nitrogens with zero attached hydrogens (tertiary/aromatic N) is 2. The van der Waals surface area contributed by atoms with Crippen molar-refractivity contribution < 1.29 is 33.4 Å². The number of ketones is 1. The van der Waals surface area contributed by atoms with E-state index in [0.29, 0.717) is 16.7 Å². The monoisotopic (exact) mass is 498 g/mol. The third-order valence-corrected chi connectivity index (χ3v) is 5.57. The standard InChI is InChI=1S/C27H22N4O6/c28-31-21(27(35)37-23(17-10-4-1-5-11-17)18-12-6-2-7-13-18)20(32)16-36-26-22(25(34)30-26)29-24(33)19-14-8-3-9-15-19/h1-15,22-23,26H,16H2,(H,29,33)(H,30,34)/t22-,26+/m0/s1. The molecule has 37 heavy (non-hydrogen) atoms. The van der Waals surface area contributed by atoms with Crippen LogP contribution in [0.15, 0.2) is 91.0 Å². The molecule has 1 fully saturated rings. The van der Waals surface area contributed by atoms with E-state index in [1.807, 2.05) is 12.1 Å². The molecule has 4 rings (SSSR count). The Morgan fingerprint density at radius 3 is 1.95 bits per heavy atom. The Kier molecular flexibility index (Phi) is 7.95. The van der Waals surface area contributed by atoms with Crippen LogP contribution in [-0.4, -0.2) is 52.9 Å². The highest BCUT2D eigenvalue weighted by Gasteiger charge is 2.43. The lowest BCUT2D eigenvalue weighted by atomic mass is 10.0.